The third-order valence-corrected chi connectivity index (χ3v) is 4.00. The first-order valence-electron chi connectivity index (χ1n) is 6.64. The van der Waals surface area contributed by atoms with Crippen molar-refractivity contribution in [3.8, 4) is 11.5 Å². The van der Waals surface area contributed by atoms with E-state index in [0.717, 1.165) is 0 Å². The van der Waals surface area contributed by atoms with Crippen LogP contribution in [0.5, 0.6) is 11.5 Å². The predicted octanol–water partition coefficient (Wildman–Crippen LogP) is 4.83. The zero-order valence-corrected chi connectivity index (χ0v) is 15.4. The number of carbonyl (C=O) groups excluding carboxylic acids is 1. The first-order chi connectivity index (χ1) is 11.3. The lowest BCUT2D eigenvalue weighted by Crippen LogP contribution is -2.29. The van der Waals surface area contributed by atoms with Crippen LogP contribution < -0.4 is 9.47 Å². The largest absolute Gasteiger partial charge is 0.478 e. The van der Waals surface area contributed by atoms with Gasteiger partial charge in [-0.25, -0.2) is 9.59 Å². The van der Waals surface area contributed by atoms with Gasteiger partial charge in [0.2, 0.25) is 0 Å². The molecule has 2 aromatic carbocycles. The highest BCUT2D eigenvalue weighted by molar-refractivity contribution is 9.10. The second kappa shape index (κ2) is 7.88. The molecule has 0 amide bonds. The van der Waals surface area contributed by atoms with Crippen LogP contribution in [-0.4, -0.2) is 23.1 Å². The Hall–Kier alpha value is -1.76. The Balaban J connectivity index is 2.13. The zero-order chi connectivity index (χ0) is 17.9. The minimum atomic E-state index is -1.26. The molecule has 126 valence electrons. The van der Waals surface area contributed by atoms with Gasteiger partial charge in [0.15, 0.2) is 6.10 Å². The monoisotopic (exact) mass is 432 g/mol. The van der Waals surface area contributed by atoms with Gasteiger partial charge in [-0.15, -0.1) is 0 Å². The third-order valence-electron chi connectivity index (χ3n) is 2.91. The van der Waals surface area contributed by atoms with Crippen LogP contribution in [-0.2, 0) is 4.79 Å². The molecular formula is C16H11BrCl2O5. The number of carbonyl (C=O) groups is 2. The molecule has 5 nitrogen and oxygen atoms in total. The van der Waals surface area contributed by atoms with Crippen LogP contribution >= 0.6 is 39.1 Å². The van der Waals surface area contributed by atoms with Crippen LogP contribution in [0.4, 0.5) is 0 Å². The second-order valence-electron chi connectivity index (χ2n) is 4.70. The molecule has 0 aromatic heterocycles. The molecule has 0 aliphatic heterocycles. The second-order valence-corrected chi connectivity index (χ2v) is 6.43. The number of halogens is 3. The highest BCUT2D eigenvalue weighted by atomic mass is 79.9. The summed E-state index contributed by atoms with van der Waals surface area (Å²) in [5, 5.41) is 9.87. The van der Waals surface area contributed by atoms with E-state index in [0.29, 0.717) is 15.2 Å². The molecule has 1 N–H and O–H groups in total. The van der Waals surface area contributed by atoms with Crippen molar-refractivity contribution in [1.29, 1.82) is 0 Å². The van der Waals surface area contributed by atoms with Crippen molar-refractivity contribution in [3.05, 3.63) is 56.5 Å². The van der Waals surface area contributed by atoms with Gasteiger partial charge in [-0.2, -0.15) is 0 Å². The molecule has 0 bridgehead atoms. The van der Waals surface area contributed by atoms with Gasteiger partial charge in [0.25, 0.3) is 0 Å². The van der Waals surface area contributed by atoms with Gasteiger partial charge < -0.3 is 14.6 Å². The van der Waals surface area contributed by atoms with E-state index >= 15 is 0 Å². The van der Waals surface area contributed by atoms with E-state index in [9.17, 15) is 9.59 Å². The van der Waals surface area contributed by atoms with E-state index in [-0.39, 0.29) is 16.3 Å². The predicted molar refractivity (Wildman–Crippen MR) is 93.3 cm³/mol. The normalized spacial score (nSPS) is 11.7. The number of carboxylic acids is 1. The lowest BCUT2D eigenvalue weighted by atomic mass is 10.2. The van der Waals surface area contributed by atoms with Crippen LogP contribution in [0.25, 0.3) is 0 Å². The Morgan fingerprint density at radius 1 is 1.08 bits per heavy atom. The standard InChI is InChI=1S/C16H11BrCl2O5/c1-8(23-14-5-3-10(19)7-12(14)17)16(22)24-13-4-2-9(18)6-11(13)15(20)21/h2-8H,1H3,(H,20,21). The average molecular weight is 434 g/mol. The smallest absolute Gasteiger partial charge is 0.352 e. The summed E-state index contributed by atoms with van der Waals surface area (Å²) in [6.45, 7) is 1.49. The molecule has 0 fully saturated rings. The SMILES string of the molecule is CC(Oc1ccc(Cl)cc1Br)C(=O)Oc1ccc(Cl)cc1C(=O)O. The number of rotatable bonds is 5. The van der Waals surface area contributed by atoms with Gasteiger partial charge in [0.1, 0.15) is 17.1 Å². The maximum atomic E-state index is 12.1. The molecule has 0 heterocycles. The highest BCUT2D eigenvalue weighted by Crippen LogP contribution is 2.29. The molecule has 1 atom stereocenters. The van der Waals surface area contributed by atoms with Gasteiger partial charge in [-0.1, -0.05) is 23.2 Å². The Labute approximate surface area is 156 Å². The van der Waals surface area contributed by atoms with Crippen molar-refractivity contribution >= 4 is 51.1 Å². The molecule has 0 saturated carbocycles. The molecule has 0 aliphatic carbocycles. The number of carboxylic acid groups (broad SMARTS) is 1. The van der Waals surface area contributed by atoms with E-state index in [1.54, 1.807) is 18.2 Å². The minimum Gasteiger partial charge on any atom is -0.478 e. The van der Waals surface area contributed by atoms with Crippen LogP contribution in [0.15, 0.2) is 40.9 Å². The summed E-state index contributed by atoms with van der Waals surface area (Å²) in [6, 6.07) is 8.78. The molecule has 2 aromatic rings. The van der Waals surface area contributed by atoms with Gasteiger partial charge in [-0.05, 0) is 59.3 Å². The summed E-state index contributed by atoms with van der Waals surface area (Å²) in [5.74, 6) is -1.71. The van der Waals surface area contributed by atoms with E-state index in [1.165, 1.54) is 25.1 Å². The molecule has 0 aliphatic rings. The van der Waals surface area contributed by atoms with Gasteiger partial charge in [-0.3, -0.25) is 0 Å². The Morgan fingerprint density at radius 3 is 2.25 bits per heavy atom. The van der Waals surface area contributed by atoms with E-state index < -0.39 is 18.0 Å². The molecule has 0 saturated heterocycles. The Bertz CT molecular complexity index is 794. The minimum absolute atomic E-state index is 0.109. The maximum Gasteiger partial charge on any atom is 0.352 e. The average Bonchev–Trinajstić information content (AvgIpc) is 2.51. The Morgan fingerprint density at radius 2 is 1.67 bits per heavy atom. The van der Waals surface area contributed by atoms with Crippen molar-refractivity contribution < 1.29 is 24.2 Å². The lowest BCUT2D eigenvalue weighted by molar-refractivity contribution is -0.141. The summed E-state index contributed by atoms with van der Waals surface area (Å²) in [7, 11) is 0. The number of ether oxygens (including phenoxy) is 2. The quantitative estimate of drug-likeness (QED) is 0.540. The maximum absolute atomic E-state index is 12.1. The molecular weight excluding hydrogens is 423 g/mol. The molecule has 24 heavy (non-hydrogen) atoms. The molecule has 1 unspecified atom stereocenters. The number of hydrogen-bond acceptors (Lipinski definition) is 4. The van der Waals surface area contributed by atoms with Crippen LogP contribution in [0.2, 0.25) is 10.0 Å². The summed E-state index contributed by atoms with van der Waals surface area (Å²) in [4.78, 5) is 23.3. The number of benzene rings is 2. The fourth-order valence-corrected chi connectivity index (χ4v) is 2.71. The fourth-order valence-electron chi connectivity index (χ4n) is 1.76. The highest BCUT2D eigenvalue weighted by Gasteiger charge is 2.21. The number of esters is 1. The fraction of sp³-hybridized carbons (Fsp3) is 0.125. The molecule has 8 heteroatoms. The van der Waals surface area contributed by atoms with E-state index in [2.05, 4.69) is 15.9 Å². The van der Waals surface area contributed by atoms with Crippen molar-refractivity contribution in [2.75, 3.05) is 0 Å². The van der Waals surface area contributed by atoms with Gasteiger partial charge >= 0.3 is 11.9 Å². The molecule has 2 rings (SSSR count). The number of hydrogen-bond donors (Lipinski definition) is 1. The van der Waals surface area contributed by atoms with Crippen molar-refractivity contribution in [2.24, 2.45) is 0 Å². The van der Waals surface area contributed by atoms with Crippen LogP contribution in [0.3, 0.4) is 0 Å². The topological polar surface area (TPSA) is 72.8 Å². The van der Waals surface area contributed by atoms with Crippen molar-refractivity contribution in [1.82, 2.24) is 0 Å². The van der Waals surface area contributed by atoms with E-state index in [4.69, 9.17) is 37.8 Å². The van der Waals surface area contributed by atoms with Gasteiger partial charge in [0.05, 0.1) is 4.47 Å². The van der Waals surface area contributed by atoms with E-state index in [1.807, 2.05) is 0 Å². The van der Waals surface area contributed by atoms with Gasteiger partial charge in [0, 0.05) is 10.0 Å². The molecule has 0 radical (unpaired) electrons. The lowest BCUT2D eigenvalue weighted by Gasteiger charge is -2.16. The summed E-state index contributed by atoms with van der Waals surface area (Å²) in [5.41, 5.74) is -0.212. The molecule has 0 spiro atoms. The summed E-state index contributed by atoms with van der Waals surface area (Å²) in [6.07, 6.45) is -0.972. The first-order valence-corrected chi connectivity index (χ1v) is 8.19. The van der Waals surface area contributed by atoms with Crippen molar-refractivity contribution in [3.63, 3.8) is 0 Å². The summed E-state index contributed by atoms with van der Waals surface area (Å²) >= 11 is 14.9. The first kappa shape index (κ1) is 18.6. The number of aromatic carboxylic acids is 1. The van der Waals surface area contributed by atoms with Crippen LogP contribution in [0.1, 0.15) is 17.3 Å². The zero-order valence-electron chi connectivity index (χ0n) is 12.3. The summed E-state index contributed by atoms with van der Waals surface area (Å²) < 4.78 is 11.2. The van der Waals surface area contributed by atoms with Crippen LogP contribution in [0, 0.1) is 0 Å². The van der Waals surface area contributed by atoms with Crippen molar-refractivity contribution in [2.45, 2.75) is 13.0 Å². The Kier molecular flexibility index (Phi) is 6.10. The third kappa shape index (κ3) is 4.63.